The molecular weight excluding hydrogens is 574 g/mol. The number of carboxylic acids is 1. The summed E-state index contributed by atoms with van der Waals surface area (Å²) in [5.74, 6) is -6.33. The van der Waals surface area contributed by atoms with Crippen LogP contribution in [0.15, 0.2) is 46.1 Å². The van der Waals surface area contributed by atoms with Crippen LogP contribution in [0.5, 0.6) is 5.75 Å². The number of carbonyl (C=O) groups is 4. The summed E-state index contributed by atoms with van der Waals surface area (Å²) in [6, 6.07) is 3.70. The first-order valence-electron chi connectivity index (χ1n) is 10.5. The van der Waals surface area contributed by atoms with Crippen molar-refractivity contribution in [1.29, 1.82) is 0 Å². The van der Waals surface area contributed by atoms with Crippen LogP contribution in [0.3, 0.4) is 0 Å². The average Bonchev–Trinajstić information content (AvgIpc) is 3.31. The third-order valence-corrected chi connectivity index (χ3v) is 7.21. The number of alkyl halides is 3. The Bertz CT molecular complexity index is 1390. The summed E-state index contributed by atoms with van der Waals surface area (Å²) < 4.78 is 56.1. The third kappa shape index (κ3) is 5.95. The van der Waals surface area contributed by atoms with Crippen LogP contribution in [0.4, 0.5) is 22.7 Å². The number of halogens is 4. The first kappa shape index (κ1) is 27.8. The number of nitrogen functional groups attached to an aromatic ring is 1. The zero-order chi connectivity index (χ0) is 28.5. The number of carbonyl (C=O) groups excluding carboxylic acids is 3. The minimum Gasteiger partial charge on any atom is -0.489 e. The van der Waals surface area contributed by atoms with Gasteiger partial charge in [0.15, 0.2) is 10.8 Å². The number of fused-ring (bicyclic) bond motifs is 1. The van der Waals surface area contributed by atoms with Crippen molar-refractivity contribution in [2.75, 3.05) is 18.1 Å². The number of rotatable bonds is 8. The highest BCUT2D eigenvalue weighted by Gasteiger charge is 2.54. The number of nitrogens with one attached hydrogen (secondary N) is 1. The molecule has 2 amide bonds. The monoisotopic (exact) mass is 589 g/mol. The number of oxime groups is 1. The molecule has 206 valence electrons. The molecular formula is C21H15F4N5O7S2. The summed E-state index contributed by atoms with van der Waals surface area (Å²) >= 11 is 1.91. The standard InChI is InChI=1S/C21H15F4N5O7S2/c22-9-1-3-10(4-2-9)36-5-8-6-38-17-13(16(32)30(17)14(8)18(33)34)28-15(31)12(11-7-39-20(26)27-11)29-37-19(35)21(23,24)25/h1-4,7,13,17H,5-6H2,(H2,26,27)(H,28,31)(H,33,34)/t13?,17-/m0/s1. The second-order valence-corrected chi connectivity index (χ2v) is 9.74. The van der Waals surface area contributed by atoms with E-state index in [-0.39, 0.29) is 40.2 Å². The van der Waals surface area contributed by atoms with Crippen LogP contribution in [-0.2, 0) is 24.0 Å². The van der Waals surface area contributed by atoms with Gasteiger partial charge in [0.2, 0.25) is 0 Å². The molecule has 2 atom stereocenters. The smallest absolute Gasteiger partial charge is 0.489 e. The molecule has 1 aromatic carbocycles. The number of anilines is 1. The molecule has 1 unspecified atom stereocenters. The highest BCUT2D eigenvalue weighted by Crippen LogP contribution is 2.40. The lowest BCUT2D eigenvalue weighted by Gasteiger charge is -2.49. The summed E-state index contributed by atoms with van der Waals surface area (Å²) in [6.45, 7) is -0.222. The molecule has 3 heterocycles. The average molecular weight is 590 g/mol. The Hall–Kier alpha value is -4.19. The van der Waals surface area contributed by atoms with Crippen LogP contribution in [-0.4, -0.2) is 74.4 Å². The van der Waals surface area contributed by atoms with Gasteiger partial charge in [-0.3, -0.25) is 14.5 Å². The molecule has 4 N–H and O–H groups in total. The van der Waals surface area contributed by atoms with Crippen molar-refractivity contribution >= 4 is 57.7 Å². The molecule has 0 bridgehead atoms. The first-order chi connectivity index (χ1) is 18.4. The fourth-order valence-electron chi connectivity index (χ4n) is 3.44. The van der Waals surface area contributed by atoms with Gasteiger partial charge in [-0.2, -0.15) is 13.2 Å². The Balaban J connectivity index is 1.50. The van der Waals surface area contributed by atoms with E-state index in [4.69, 9.17) is 10.5 Å². The lowest BCUT2D eigenvalue weighted by molar-refractivity contribution is -0.199. The molecule has 0 aliphatic carbocycles. The Labute approximate surface area is 223 Å². The third-order valence-electron chi connectivity index (χ3n) is 5.19. The Morgan fingerprint density at radius 2 is 1.95 bits per heavy atom. The molecule has 12 nitrogen and oxygen atoms in total. The van der Waals surface area contributed by atoms with Crippen LogP contribution in [0.1, 0.15) is 5.69 Å². The van der Waals surface area contributed by atoms with Gasteiger partial charge in [0.05, 0.1) is 0 Å². The van der Waals surface area contributed by atoms with Crippen molar-refractivity contribution < 1.29 is 51.4 Å². The molecule has 39 heavy (non-hydrogen) atoms. The number of benzene rings is 1. The molecule has 0 radical (unpaired) electrons. The van der Waals surface area contributed by atoms with Gasteiger partial charge < -0.3 is 25.7 Å². The zero-order valence-electron chi connectivity index (χ0n) is 19.1. The van der Waals surface area contributed by atoms with E-state index in [0.717, 1.165) is 45.5 Å². The van der Waals surface area contributed by atoms with E-state index >= 15 is 0 Å². The summed E-state index contributed by atoms with van der Waals surface area (Å²) in [7, 11) is 0. The maximum atomic E-state index is 13.1. The van der Waals surface area contributed by atoms with E-state index in [2.05, 4.69) is 20.3 Å². The number of hydrogen-bond donors (Lipinski definition) is 3. The highest BCUT2D eigenvalue weighted by atomic mass is 32.2. The van der Waals surface area contributed by atoms with E-state index in [9.17, 15) is 41.8 Å². The molecule has 1 fully saturated rings. The van der Waals surface area contributed by atoms with E-state index < -0.39 is 52.9 Å². The fourth-order valence-corrected chi connectivity index (χ4v) is 5.32. The minimum atomic E-state index is -5.40. The number of aliphatic carboxylic acids is 1. The molecule has 1 aromatic heterocycles. The quantitative estimate of drug-likeness (QED) is 0.135. The Morgan fingerprint density at radius 1 is 1.26 bits per heavy atom. The number of β-lactam (4-membered cyclic amide) rings is 1. The molecule has 1 saturated heterocycles. The normalized spacial score (nSPS) is 19.2. The predicted molar refractivity (Wildman–Crippen MR) is 127 cm³/mol. The van der Waals surface area contributed by atoms with E-state index in [1.807, 2.05) is 0 Å². The fraction of sp³-hybridized carbons (Fsp3) is 0.238. The second-order valence-electron chi connectivity index (χ2n) is 7.75. The van der Waals surface area contributed by atoms with Gasteiger partial charge in [0, 0.05) is 16.7 Å². The van der Waals surface area contributed by atoms with E-state index in [0.29, 0.717) is 0 Å². The van der Waals surface area contributed by atoms with Gasteiger partial charge in [-0.05, 0) is 24.3 Å². The van der Waals surface area contributed by atoms with E-state index in [1.54, 1.807) is 0 Å². The Morgan fingerprint density at radius 3 is 2.54 bits per heavy atom. The van der Waals surface area contributed by atoms with Crippen molar-refractivity contribution in [3.8, 4) is 5.75 Å². The topological polar surface area (TPSA) is 174 Å². The number of ether oxygens (including phenoxy) is 1. The molecule has 0 spiro atoms. The maximum Gasteiger partial charge on any atom is 0.493 e. The number of aromatic nitrogens is 1. The van der Waals surface area contributed by atoms with Crippen LogP contribution in [0.2, 0.25) is 0 Å². The zero-order valence-corrected chi connectivity index (χ0v) is 20.7. The Kier molecular flexibility index (Phi) is 7.77. The minimum absolute atomic E-state index is 0.0759. The van der Waals surface area contributed by atoms with Crippen molar-refractivity contribution in [1.82, 2.24) is 15.2 Å². The molecule has 4 rings (SSSR count). The van der Waals surface area contributed by atoms with Crippen LogP contribution in [0, 0.1) is 5.82 Å². The number of nitrogens with zero attached hydrogens (tertiary/aromatic N) is 3. The van der Waals surface area contributed by atoms with Crippen molar-refractivity contribution in [3.63, 3.8) is 0 Å². The first-order valence-corrected chi connectivity index (χ1v) is 12.5. The van der Waals surface area contributed by atoms with Crippen molar-refractivity contribution in [3.05, 3.63) is 52.4 Å². The molecule has 2 aliphatic rings. The molecule has 0 saturated carbocycles. The molecule has 2 aromatic rings. The SMILES string of the molecule is Nc1nc(C(=NOC(=O)C(F)(F)F)C(=O)NC2C(=O)N3C(C(=O)O)=C(COc4ccc(F)cc4)CS[C@@H]23)cs1. The second kappa shape index (κ2) is 10.9. The number of carboxylic acid groups (broad SMARTS) is 1. The number of nitrogens with two attached hydrogens (primary N) is 1. The van der Waals surface area contributed by atoms with Gasteiger partial charge in [0.25, 0.3) is 11.8 Å². The number of thioether (sulfide) groups is 1. The summed E-state index contributed by atoms with van der Waals surface area (Å²) in [6.07, 6.45) is -5.40. The van der Waals surface area contributed by atoms with Crippen molar-refractivity contribution in [2.45, 2.75) is 17.6 Å². The van der Waals surface area contributed by atoms with Crippen molar-refractivity contribution in [2.24, 2.45) is 5.16 Å². The molecule has 18 heteroatoms. The van der Waals surface area contributed by atoms with Crippen LogP contribution < -0.4 is 15.8 Å². The van der Waals surface area contributed by atoms with Gasteiger partial charge in [-0.1, -0.05) is 5.16 Å². The maximum absolute atomic E-state index is 13.1. The van der Waals surface area contributed by atoms with Crippen LogP contribution in [0.25, 0.3) is 0 Å². The van der Waals surface area contributed by atoms with Gasteiger partial charge >= 0.3 is 18.1 Å². The highest BCUT2D eigenvalue weighted by molar-refractivity contribution is 8.00. The number of hydrogen-bond acceptors (Lipinski definition) is 11. The van der Waals surface area contributed by atoms with Gasteiger partial charge in [0.1, 0.15) is 41.0 Å². The van der Waals surface area contributed by atoms with Gasteiger partial charge in [-0.25, -0.2) is 19.0 Å². The van der Waals surface area contributed by atoms with Gasteiger partial charge in [-0.15, -0.1) is 23.1 Å². The summed E-state index contributed by atoms with van der Waals surface area (Å²) in [5, 5.41) is 15.2. The predicted octanol–water partition coefficient (Wildman–Crippen LogP) is 1.49. The summed E-state index contributed by atoms with van der Waals surface area (Å²) in [4.78, 5) is 57.3. The summed E-state index contributed by atoms with van der Waals surface area (Å²) in [5.41, 5.74) is 4.18. The van der Waals surface area contributed by atoms with E-state index in [1.165, 1.54) is 12.1 Å². The number of amides is 2. The lowest BCUT2D eigenvalue weighted by atomic mass is 10.0. The largest absolute Gasteiger partial charge is 0.493 e. The van der Waals surface area contributed by atoms with Crippen LogP contribution >= 0.6 is 23.1 Å². The number of thiazole rings is 1. The lowest BCUT2D eigenvalue weighted by Crippen LogP contribution is -2.71. The molecule has 2 aliphatic heterocycles.